The first-order valence-corrected chi connectivity index (χ1v) is 11.5. The van der Waals surface area contributed by atoms with E-state index < -0.39 is 11.9 Å². The van der Waals surface area contributed by atoms with Crippen molar-refractivity contribution in [1.29, 1.82) is 0 Å². The van der Waals surface area contributed by atoms with Gasteiger partial charge >= 0.3 is 0 Å². The van der Waals surface area contributed by atoms with Crippen LogP contribution in [0.1, 0.15) is 47.2 Å². The molecular weight excluding hydrogens is 420 g/mol. The van der Waals surface area contributed by atoms with Crippen molar-refractivity contribution in [3.8, 4) is 0 Å². The number of aromatic nitrogens is 1. The molecule has 3 aliphatic heterocycles. The topological polar surface area (TPSA) is 121 Å². The Labute approximate surface area is 192 Å². The molecule has 0 bridgehead atoms. The third kappa shape index (κ3) is 4.28. The van der Waals surface area contributed by atoms with E-state index in [4.69, 9.17) is 5.73 Å². The van der Waals surface area contributed by atoms with Gasteiger partial charge in [0.15, 0.2) is 0 Å². The summed E-state index contributed by atoms with van der Waals surface area (Å²) < 4.78 is 0. The summed E-state index contributed by atoms with van der Waals surface area (Å²) in [5.41, 5.74) is 9.44. The van der Waals surface area contributed by atoms with Gasteiger partial charge in [0.1, 0.15) is 11.9 Å². The second kappa shape index (κ2) is 8.82. The summed E-state index contributed by atoms with van der Waals surface area (Å²) in [6.07, 6.45) is 4.40. The number of hydrogen-bond acceptors (Lipinski definition) is 7. The highest BCUT2D eigenvalue weighted by Gasteiger charge is 2.39. The molecule has 0 spiro atoms. The Morgan fingerprint density at radius 1 is 1.09 bits per heavy atom. The zero-order valence-electron chi connectivity index (χ0n) is 18.4. The molecule has 2 aromatic rings. The van der Waals surface area contributed by atoms with Gasteiger partial charge in [0.25, 0.3) is 5.91 Å². The van der Waals surface area contributed by atoms with Gasteiger partial charge in [-0.2, -0.15) is 0 Å². The van der Waals surface area contributed by atoms with E-state index in [1.165, 1.54) is 0 Å². The summed E-state index contributed by atoms with van der Waals surface area (Å²) in [6.45, 7) is 2.76. The molecule has 2 fully saturated rings. The minimum atomic E-state index is -0.607. The van der Waals surface area contributed by atoms with E-state index >= 15 is 0 Å². The average molecular weight is 449 g/mol. The number of piperidine rings is 2. The summed E-state index contributed by atoms with van der Waals surface area (Å²) in [5, 5.41) is 5.74. The molecule has 4 heterocycles. The highest BCUT2D eigenvalue weighted by Crippen LogP contribution is 2.30. The van der Waals surface area contributed by atoms with Gasteiger partial charge in [-0.3, -0.25) is 19.7 Å². The lowest BCUT2D eigenvalue weighted by Crippen LogP contribution is -2.52. The lowest BCUT2D eigenvalue weighted by atomic mass is 10.0. The number of nitrogens with one attached hydrogen (secondary N) is 2. The summed E-state index contributed by atoms with van der Waals surface area (Å²) in [7, 11) is 0. The number of fused-ring (bicyclic) bond motifs is 1. The van der Waals surface area contributed by atoms with E-state index in [1.807, 2.05) is 30.5 Å². The molecule has 33 heavy (non-hydrogen) atoms. The third-order valence-corrected chi connectivity index (χ3v) is 6.77. The van der Waals surface area contributed by atoms with Crippen LogP contribution in [0, 0.1) is 0 Å². The quantitative estimate of drug-likeness (QED) is 0.591. The number of nitrogens with zero attached hydrogens (tertiary/aromatic N) is 3. The molecule has 3 amide bonds. The molecule has 5 rings (SSSR count). The number of hydrogen-bond donors (Lipinski definition) is 3. The predicted molar refractivity (Wildman–Crippen MR) is 123 cm³/mol. The number of pyridine rings is 1. The second-order valence-electron chi connectivity index (χ2n) is 8.93. The maximum absolute atomic E-state index is 13.0. The lowest BCUT2D eigenvalue weighted by molar-refractivity contribution is -0.136. The van der Waals surface area contributed by atoms with Gasteiger partial charge < -0.3 is 20.9 Å². The van der Waals surface area contributed by atoms with Gasteiger partial charge in [0.05, 0.1) is 11.9 Å². The first-order valence-electron chi connectivity index (χ1n) is 11.5. The minimum absolute atomic E-state index is 0.159. The maximum Gasteiger partial charge on any atom is 0.255 e. The Bertz CT molecular complexity index is 1080. The molecule has 3 aliphatic rings. The number of anilines is 2. The van der Waals surface area contributed by atoms with Crippen molar-refractivity contribution < 1.29 is 14.4 Å². The monoisotopic (exact) mass is 448 g/mol. The molecule has 9 nitrogen and oxygen atoms in total. The average Bonchev–Trinajstić information content (AvgIpc) is 3.15. The molecule has 9 heteroatoms. The van der Waals surface area contributed by atoms with Crippen LogP contribution in [0.4, 0.5) is 11.5 Å². The molecule has 172 valence electrons. The van der Waals surface area contributed by atoms with E-state index in [0.717, 1.165) is 48.6 Å². The fraction of sp³-hybridized carbons (Fsp3) is 0.417. The first-order chi connectivity index (χ1) is 16.0. The summed E-state index contributed by atoms with van der Waals surface area (Å²) in [6, 6.07) is 9.37. The van der Waals surface area contributed by atoms with Crippen molar-refractivity contribution in [3.05, 3.63) is 53.2 Å². The van der Waals surface area contributed by atoms with Gasteiger partial charge in [-0.25, -0.2) is 4.98 Å². The van der Waals surface area contributed by atoms with Crippen molar-refractivity contribution in [2.24, 2.45) is 5.73 Å². The zero-order valence-corrected chi connectivity index (χ0v) is 18.4. The second-order valence-corrected chi connectivity index (χ2v) is 8.93. The SMILES string of the molecule is NC1CCN(c2ccc(NCc3cccc4c3CN(C3CCC(=O)NC3=O)C4=O)cn2)CC1. The number of benzene rings is 1. The first kappa shape index (κ1) is 21.4. The molecule has 0 aliphatic carbocycles. The van der Waals surface area contributed by atoms with Gasteiger partial charge in [-0.05, 0) is 48.6 Å². The predicted octanol–water partition coefficient (Wildman–Crippen LogP) is 1.38. The van der Waals surface area contributed by atoms with E-state index in [9.17, 15) is 14.4 Å². The Hall–Kier alpha value is -3.46. The van der Waals surface area contributed by atoms with Crippen molar-refractivity contribution in [2.45, 2.75) is 50.9 Å². The smallest absolute Gasteiger partial charge is 0.255 e. The van der Waals surface area contributed by atoms with E-state index in [2.05, 4.69) is 20.5 Å². The number of carbonyl (C=O) groups is 3. The van der Waals surface area contributed by atoms with Crippen LogP contribution < -0.4 is 21.3 Å². The molecule has 1 atom stereocenters. The van der Waals surface area contributed by atoms with Crippen LogP contribution >= 0.6 is 0 Å². The molecule has 4 N–H and O–H groups in total. The Kier molecular flexibility index (Phi) is 5.72. The van der Waals surface area contributed by atoms with Crippen molar-refractivity contribution >= 4 is 29.2 Å². The molecule has 0 saturated carbocycles. The highest BCUT2D eigenvalue weighted by molar-refractivity contribution is 6.05. The van der Waals surface area contributed by atoms with Crippen LogP contribution in [-0.4, -0.2) is 52.8 Å². The summed E-state index contributed by atoms with van der Waals surface area (Å²) in [5.74, 6) is 0.120. The molecule has 0 radical (unpaired) electrons. The van der Waals surface area contributed by atoms with Crippen LogP contribution in [0.5, 0.6) is 0 Å². The molecule has 2 saturated heterocycles. The summed E-state index contributed by atoms with van der Waals surface area (Å²) in [4.78, 5) is 45.2. The number of amides is 3. The van der Waals surface area contributed by atoms with Gasteiger partial charge in [0, 0.05) is 44.2 Å². The fourth-order valence-corrected chi connectivity index (χ4v) is 4.82. The number of nitrogens with two attached hydrogens (primary N) is 1. The van der Waals surface area contributed by atoms with Crippen molar-refractivity contribution in [3.63, 3.8) is 0 Å². The Morgan fingerprint density at radius 2 is 1.91 bits per heavy atom. The highest BCUT2D eigenvalue weighted by atomic mass is 16.2. The Balaban J connectivity index is 1.25. The lowest BCUT2D eigenvalue weighted by Gasteiger charge is -2.31. The van der Waals surface area contributed by atoms with Crippen molar-refractivity contribution in [1.82, 2.24) is 15.2 Å². The van der Waals surface area contributed by atoms with Gasteiger partial charge in [-0.15, -0.1) is 0 Å². The molecule has 1 aromatic heterocycles. The van der Waals surface area contributed by atoms with Crippen LogP contribution in [0.15, 0.2) is 36.5 Å². The van der Waals surface area contributed by atoms with Crippen LogP contribution in [0.2, 0.25) is 0 Å². The third-order valence-electron chi connectivity index (χ3n) is 6.77. The molecular formula is C24H28N6O3. The molecule has 1 unspecified atom stereocenters. The summed E-state index contributed by atoms with van der Waals surface area (Å²) >= 11 is 0. The Morgan fingerprint density at radius 3 is 2.64 bits per heavy atom. The van der Waals surface area contributed by atoms with E-state index in [0.29, 0.717) is 25.1 Å². The standard InChI is InChI=1S/C24H28N6O3/c25-16-8-10-29(11-9-16)21-6-4-17(13-27-21)26-12-15-2-1-3-18-19(15)14-30(24(18)33)20-5-7-22(31)28-23(20)32/h1-4,6,13,16,20,26H,5,7-12,14,25H2,(H,28,31,32). The number of rotatable bonds is 5. The van der Waals surface area contributed by atoms with Crippen LogP contribution in [-0.2, 0) is 22.7 Å². The van der Waals surface area contributed by atoms with Crippen LogP contribution in [0.25, 0.3) is 0 Å². The minimum Gasteiger partial charge on any atom is -0.380 e. The normalized spacial score (nSPS) is 21.2. The van der Waals surface area contributed by atoms with Gasteiger partial charge in [-0.1, -0.05) is 12.1 Å². The van der Waals surface area contributed by atoms with Crippen molar-refractivity contribution in [2.75, 3.05) is 23.3 Å². The van der Waals surface area contributed by atoms with Crippen LogP contribution in [0.3, 0.4) is 0 Å². The van der Waals surface area contributed by atoms with Gasteiger partial charge in [0.2, 0.25) is 11.8 Å². The largest absolute Gasteiger partial charge is 0.380 e. The number of carbonyl (C=O) groups excluding carboxylic acids is 3. The maximum atomic E-state index is 13.0. The zero-order chi connectivity index (χ0) is 22.9. The van der Waals surface area contributed by atoms with E-state index in [1.54, 1.807) is 11.0 Å². The fourth-order valence-electron chi connectivity index (χ4n) is 4.82. The van der Waals surface area contributed by atoms with E-state index in [-0.39, 0.29) is 24.3 Å². The molecule has 1 aromatic carbocycles. The number of imide groups is 1.